The smallest absolute Gasteiger partial charge is 0.408 e. The first-order valence-corrected chi connectivity index (χ1v) is 9.94. The Morgan fingerprint density at radius 1 is 1.28 bits per heavy atom. The van der Waals surface area contributed by atoms with Crippen LogP contribution in [0.4, 0.5) is 4.79 Å². The normalized spacial score (nSPS) is 21.1. The minimum Gasteiger partial charge on any atom is -0.444 e. The number of piperazine rings is 1. The van der Waals surface area contributed by atoms with Crippen LogP contribution in [0, 0.1) is 0 Å². The van der Waals surface area contributed by atoms with Gasteiger partial charge < -0.3 is 20.7 Å². The molecule has 0 unspecified atom stereocenters. The molecule has 1 aliphatic rings. The van der Waals surface area contributed by atoms with Crippen molar-refractivity contribution in [1.82, 2.24) is 20.9 Å². The lowest BCUT2D eigenvalue weighted by Crippen LogP contribution is -2.67. The number of hydrogen-bond acceptors (Lipinski definition) is 5. The van der Waals surface area contributed by atoms with Gasteiger partial charge in [0.05, 0.1) is 6.04 Å². The quantitative estimate of drug-likeness (QED) is 0.668. The SMILES string of the molecule is CC[C@H]1CN(C)[C@@H]([C@@H](CNC(=O)c2ccccc2)NC(=O)OC(C)(C)C)C(=O)N1. The highest BCUT2D eigenvalue weighted by Gasteiger charge is 2.38. The number of nitrogens with one attached hydrogen (secondary N) is 3. The standard InChI is InChI=1S/C21H32N4O4/c1-6-15-13-25(5)17(19(27)23-15)16(24-20(28)29-21(2,3)4)12-22-18(26)14-10-8-7-9-11-14/h7-11,15-17H,6,12-13H2,1-5H3,(H,22,26)(H,23,27)(H,24,28)/t15-,16+,17-/m0/s1. The van der Waals surface area contributed by atoms with E-state index < -0.39 is 23.8 Å². The maximum Gasteiger partial charge on any atom is 0.408 e. The molecule has 3 N–H and O–H groups in total. The molecule has 1 fully saturated rings. The van der Waals surface area contributed by atoms with Crippen LogP contribution >= 0.6 is 0 Å². The molecule has 1 aliphatic heterocycles. The van der Waals surface area contributed by atoms with Crippen LogP contribution in [0.25, 0.3) is 0 Å². The van der Waals surface area contributed by atoms with E-state index in [0.29, 0.717) is 12.1 Å². The number of rotatable bonds is 6. The molecule has 0 saturated carbocycles. The fourth-order valence-electron chi connectivity index (χ4n) is 3.31. The third-order valence-corrected chi connectivity index (χ3v) is 4.69. The van der Waals surface area contributed by atoms with E-state index in [0.717, 1.165) is 6.42 Å². The van der Waals surface area contributed by atoms with Crippen molar-refractivity contribution >= 4 is 17.9 Å². The Balaban J connectivity index is 2.13. The first-order chi connectivity index (χ1) is 13.6. The van der Waals surface area contributed by atoms with Gasteiger partial charge >= 0.3 is 6.09 Å². The second-order valence-corrected chi connectivity index (χ2v) is 8.33. The van der Waals surface area contributed by atoms with Gasteiger partial charge in [-0.25, -0.2) is 4.79 Å². The van der Waals surface area contributed by atoms with Gasteiger partial charge in [-0.3, -0.25) is 14.5 Å². The van der Waals surface area contributed by atoms with Gasteiger partial charge in [0.25, 0.3) is 5.91 Å². The van der Waals surface area contributed by atoms with Crippen LogP contribution < -0.4 is 16.0 Å². The van der Waals surface area contributed by atoms with Gasteiger partial charge in [0.15, 0.2) is 0 Å². The van der Waals surface area contributed by atoms with Gasteiger partial charge in [-0.05, 0) is 46.4 Å². The molecule has 29 heavy (non-hydrogen) atoms. The number of carbonyl (C=O) groups is 3. The fourth-order valence-corrected chi connectivity index (χ4v) is 3.31. The van der Waals surface area contributed by atoms with E-state index in [1.807, 2.05) is 24.9 Å². The predicted octanol–water partition coefficient (Wildman–Crippen LogP) is 1.52. The zero-order valence-electron chi connectivity index (χ0n) is 17.8. The Hall–Kier alpha value is -2.61. The summed E-state index contributed by atoms with van der Waals surface area (Å²) >= 11 is 0. The van der Waals surface area contributed by atoms with Crippen molar-refractivity contribution in [1.29, 1.82) is 0 Å². The maximum atomic E-state index is 12.7. The van der Waals surface area contributed by atoms with Crippen LogP contribution in [-0.2, 0) is 9.53 Å². The van der Waals surface area contributed by atoms with E-state index in [1.54, 1.807) is 45.0 Å². The summed E-state index contributed by atoms with van der Waals surface area (Å²) in [6, 6.07) is 7.58. The summed E-state index contributed by atoms with van der Waals surface area (Å²) in [6.07, 6.45) is 0.188. The van der Waals surface area contributed by atoms with Crippen LogP contribution in [0.1, 0.15) is 44.5 Å². The first-order valence-electron chi connectivity index (χ1n) is 9.94. The summed E-state index contributed by atoms with van der Waals surface area (Å²) < 4.78 is 5.35. The summed E-state index contributed by atoms with van der Waals surface area (Å²) in [6.45, 7) is 8.06. The number of likely N-dealkylation sites (N-methyl/N-ethyl adjacent to an activating group) is 1. The number of nitrogens with zero attached hydrogens (tertiary/aromatic N) is 1. The molecular weight excluding hydrogens is 372 g/mol. The lowest BCUT2D eigenvalue weighted by Gasteiger charge is -2.40. The highest BCUT2D eigenvalue weighted by molar-refractivity contribution is 5.94. The van der Waals surface area contributed by atoms with Crippen molar-refractivity contribution in [3.05, 3.63) is 35.9 Å². The summed E-state index contributed by atoms with van der Waals surface area (Å²) in [4.78, 5) is 39.4. The molecule has 0 aromatic heterocycles. The van der Waals surface area contributed by atoms with Gasteiger partial charge in [-0.2, -0.15) is 0 Å². The number of amides is 3. The van der Waals surface area contributed by atoms with Gasteiger partial charge in [0.2, 0.25) is 5.91 Å². The van der Waals surface area contributed by atoms with Crippen molar-refractivity contribution in [2.75, 3.05) is 20.1 Å². The summed E-state index contributed by atoms with van der Waals surface area (Å²) in [5, 5.41) is 8.56. The molecule has 0 radical (unpaired) electrons. The Bertz CT molecular complexity index is 717. The van der Waals surface area contributed by atoms with Crippen molar-refractivity contribution < 1.29 is 19.1 Å². The van der Waals surface area contributed by atoms with Crippen LogP contribution in [0.5, 0.6) is 0 Å². The summed E-state index contributed by atoms with van der Waals surface area (Å²) in [7, 11) is 1.84. The third-order valence-electron chi connectivity index (χ3n) is 4.69. The number of hydrogen-bond donors (Lipinski definition) is 3. The number of ether oxygens (including phenoxy) is 1. The third kappa shape index (κ3) is 6.74. The number of benzene rings is 1. The Kier molecular flexibility index (Phi) is 7.61. The minimum absolute atomic E-state index is 0.0600. The van der Waals surface area contributed by atoms with Crippen molar-refractivity contribution in [2.24, 2.45) is 0 Å². The van der Waals surface area contributed by atoms with Crippen LogP contribution in [-0.4, -0.2) is 66.7 Å². The summed E-state index contributed by atoms with van der Waals surface area (Å²) in [5.74, 6) is -0.451. The topological polar surface area (TPSA) is 99.8 Å². The van der Waals surface area contributed by atoms with Crippen LogP contribution in [0.3, 0.4) is 0 Å². The molecule has 3 atom stereocenters. The van der Waals surface area contributed by atoms with Gasteiger partial charge in [-0.15, -0.1) is 0 Å². The lowest BCUT2D eigenvalue weighted by molar-refractivity contribution is -0.131. The largest absolute Gasteiger partial charge is 0.444 e. The molecular formula is C21H32N4O4. The lowest BCUT2D eigenvalue weighted by atomic mass is 10.00. The second-order valence-electron chi connectivity index (χ2n) is 8.33. The van der Waals surface area contributed by atoms with Crippen molar-refractivity contribution in [3.8, 4) is 0 Å². The van der Waals surface area contributed by atoms with Crippen molar-refractivity contribution in [3.63, 3.8) is 0 Å². The molecule has 3 amide bonds. The Labute approximate surface area is 172 Å². The molecule has 2 rings (SSSR count). The van der Waals surface area contributed by atoms with E-state index >= 15 is 0 Å². The van der Waals surface area contributed by atoms with Crippen LogP contribution in [0.15, 0.2) is 30.3 Å². The van der Waals surface area contributed by atoms with E-state index in [-0.39, 0.29) is 24.4 Å². The molecule has 1 aromatic rings. The second kappa shape index (κ2) is 9.73. The Morgan fingerprint density at radius 2 is 1.93 bits per heavy atom. The van der Waals surface area contributed by atoms with Crippen LogP contribution in [0.2, 0.25) is 0 Å². The van der Waals surface area contributed by atoms with E-state index in [1.165, 1.54) is 0 Å². The molecule has 8 nitrogen and oxygen atoms in total. The van der Waals surface area contributed by atoms with Gasteiger partial charge in [0, 0.05) is 24.7 Å². The highest BCUT2D eigenvalue weighted by atomic mass is 16.6. The van der Waals surface area contributed by atoms with E-state index in [9.17, 15) is 14.4 Å². The zero-order valence-corrected chi connectivity index (χ0v) is 17.8. The van der Waals surface area contributed by atoms with E-state index in [2.05, 4.69) is 16.0 Å². The average molecular weight is 405 g/mol. The van der Waals surface area contributed by atoms with Gasteiger partial charge in [-0.1, -0.05) is 25.1 Å². The molecule has 1 heterocycles. The zero-order chi connectivity index (χ0) is 21.6. The monoisotopic (exact) mass is 404 g/mol. The Morgan fingerprint density at radius 3 is 2.48 bits per heavy atom. The molecule has 0 aliphatic carbocycles. The van der Waals surface area contributed by atoms with Crippen molar-refractivity contribution in [2.45, 2.75) is 57.8 Å². The fraction of sp³-hybridized carbons (Fsp3) is 0.571. The number of carbonyl (C=O) groups excluding carboxylic acids is 3. The maximum absolute atomic E-state index is 12.7. The first kappa shape index (κ1) is 22.7. The number of alkyl carbamates (subject to hydrolysis) is 1. The molecule has 160 valence electrons. The minimum atomic E-state index is -0.671. The highest BCUT2D eigenvalue weighted by Crippen LogP contribution is 2.13. The molecule has 0 spiro atoms. The predicted molar refractivity (Wildman–Crippen MR) is 111 cm³/mol. The molecule has 1 saturated heterocycles. The molecule has 1 aromatic carbocycles. The van der Waals surface area contributed by atoms with Gasteiger partial charge in [0.1, 0.15) is 11.6 Å². The molecule has 0 bridgehead atoms. The van der Waals surface area contributed by atoms with E-state index in [4.69, 9.17) is 4.74 Å². The summed E-state index contributed by atoms with van der Waals surface area (Å²) in [5.41, 5.74) is -0.160. The average Bonchev–Trinajstić information content (AvgIpc) is 2.64. The molecule has 8 heteroatoms.